The molecule has 0 spiro atoms. The normalized spacial score (nSPS) is 16.4. The van der Waals surface area contributed by atoms with Gasteiger partial charge in [0.1, 0.15) is 5.75 Å². The number of carboxylic acid groups (broad SMARTS) is 2. The zero-order chi connectivity index (χ0) is 51.5. The van der Waals surface area contributed by atoms with Crippen LogP contribution in [0.4, 0.5) is 15.3 Å². The Hall–Kier alpha value is -7.41. The first kappa shape index (κ1) is 51.9. The van der Waals surface area contributed by atoms with Crippen molar-refractivity contribution in [1.29, 1.82) is 0 Å². The first-order valence-corrected chi connectivity index (χ1v) is 27.2. The predicted octanol–water partition coefficient (Wildman–Crippen LogP) is 9.24. The van der Waals surface area contributed by atoms with E-state index in [0.717, 1.165) is 30.0 Å². The van der Waals surface area contributed by atoms with E-state index in [4.69, 9.17) is 9.84 Å². The smallest absolute Gasteiger partial charge is 0.407 e. The lowest BCUT2D eigenvalue weighted by atomic mass is 9.93. The minimum absolute atomic E-state index is 0.0194. The third-order valence-electron chi connectivity index (χ3n) is 13.5. The van der Waals surface area contributed by atoms with E-state index in [9.17, 15) is 36.3 Å². The predicted molar refractivity (Wildman–Crippen MR) is 280 cm³/mol. The van der Waals surface area contributed by atoms with Crippen molar-refractivity contribution < 1.29 is 41.4 Å². The number of ether oxygens (including phenoxy) is 1. The molecule has 18 heteroatoms. The van der Waals surface area contributed by atoms with Crippen LogP contribution in [0.25, 0.3) is 11.0 Å². The summed E-state index contributed by atoms with van der Waals surface area (Å²) in [6, 6.07) is 50.0. The van der Waals surface area contributed by atoms with E-state index in [-0.39, 0.29) is 47.6 Å². The molecule has 2 aliphatic heterocycles. The highest BCUT2D eigenvalue weighted by molar-refractivity contribution is 7.93. The molecule has 6 aromatic carbocycles. The van der Waals surface area contributed by atoms with Crippen molar-refractivity contribution in [2.75, 3.05) is 37.6 Å². The Morgan fingerprint density at radius 2 is 1.16 bits per heavy atom. The summed E-state index contributed by atoms with van der Waals surface area (Å²) >= 11 is 0. The topological polar surface area (TPSA) is 192 Å². The maximum absolute atomic E-state index is 14.0. The zero-order valence-corrected chi connectivity index (χ0v) is 42.2. The molecule has 382 valence electrons. The SMILES string of the molecule is COc1ccc(S(=O)(=O)n2c(=O)n(C3CCN(C(=O)O)CC3)c3ccccc32)cc1.O=C(O)N1CC[C@H](N(c2ccccc2)S(=O)(=O)c2ccccc2)CC1CCCN(Cc1ccccc1)Cc1ccccc1. The molecule has 2 N–H and O–H groups in total. The molecule has 1 unspecified atom stereocenters. The summed E-state index contributed by atoms with van der Waals surface area (Å²) in [5.41, 5.74) is 3.20. The average Bonchev–Trinajstić information content (AvgIpc) is 3.72. The Balaban J connectivity index is 0.000000207. The molecule has 2 aliphatic rings. The van der Waals surface area contributed by atoms with Crippen LogP contribution in [0.3, 0.4) is 0 Å². The van der Waals surface area contributed by atoms with Gasteiger partial charge in [-0.1, -0.05) is 109 Å². The van der Waals surface area contributed by atoms with Crippen molar-refractivity contribution in [2.24, 2.45) is 0 Å². The molecule has 2 fully saturated rings. The Labute approximate surface area is 426 Å². The van der Waals surface area contributed by atoms with Crippen LogP contribution in [0.2, 0.25) is 0 Å². The van der Waals surface area contributed by atoms with E-state index in [0.29, 0.717) is 54.6 Å². The molecule has 16 nitrogen and oxygen atoms in total. The highest BCUT2D eigenvalue weighted by Gasteiger charge is 2.39. The van der Waals surface area contributed by atoms with Crippen LogP contribution < -0.4 is 14.7 Å². The number of fused-ring (bicyclic) bond motifs is 1. The number of carbonyl (C=O) groups is 2. The lowest BCUT2D eigenvalue weighted by Gasteiger charge is -2.42. The Morgan fingerprint density at radius 1 is 0.630 bits per heavy atom. The van der Waals surface area contributed by atoms with E-state index in [2.05, 4.69) is 29.2 Å². The van der Waals surface area contributed by atoms with E-state index in [1.54, 1.807) is 54.6 Å². The van der Waals surface area contributed by atoms with E-state index in [1.807, 2.05) is 66.7 Å². The second kappa shape index (κ2) is 23.4. The largest absolute Gasteiger partial charge is 0.497 e. The molecule has 2 amide bonds. The maximum Gasteiger partial charge on any atom is 0.407 e. The molecular weight excluding hydrogens is 969 g/mol. The summed E-state index contributed by atoms with van der Waals surface area (Å²) in [5, 5.41) is 19.2. The van der Waals surface area contributed by atoms with Gasteiger partial charge in [0.15, 0.2) is 0 Å². The second-order valence-electron chi connectivity index (χ2n) is 18.2. The highest BCUT2D eigenvalue weighted by atomic mass is 32.2. The summed E-state index contributed by atoms with van der Waals surface area (Å²) in [6.07, 6.45) is 1.22. The Bertz CT molecular complexity index is 3180. The van der Waals surface area contributed by atoms with Gasteiger partial charge in [-0.25, -0.2) is 31.2 Å². The number of likely N-dealkylation sites (tertiary alicyclic amines) is 2. The third-order valence-corrected chi connectivity index (χ3v) is 17.1. The van der Waals surface area contributed by atoms with E-state index >= 15 is 0 Å². The van der Waals surface area contributed by atoms with Gasteiger partial charge in [-0.3, -0.25) is 13.8 Å². The summed E-state index contributed by atoms with van der Waals surface area (Å²) in [7, 11) is -6.52. The number of sulfonamides is 1. The van der Waals surface area contributed by atoms with Gasteiger partial charge in [-0.05, 0) is 117 Å². The first-order chi connectivity index (χ1) is 35.3. The number of nitrogens with zero attached hydrogens (tertiary/aromatic N) is 6. The summed E-state index contributed by atoms with van der Waals surface area (Å²) in [6.45, 7) is 3.25. The van der Waals surface area contributed by atoms with Crippen molar-refractivity contribution in [3.8, 4) is 5.75 Å². The molecule has 2 saturated heterocycles. The quantitative estimate of drug-likeness (QED) is 0.0938. The molecule has 0 saturated carbocycles. The minimum atomic E-state index is -4.14. The minimum Gasteiger partial charge on any atom is -0.497 e. The number of hydrogen-bond acceptors (Lipinski definition) is 9. The lowest BCUT2D eigenvalue weighted by molar-refractivity contribution is 0.0957. The monoisotopic (exact) mass is 1030 g/mol. The van der Waals surface area contributed by atoms with Crippen molar-refractivity contribution in [3.63, 3.8) is 0 Å². The van der Waals surface area contributed by atoms with Gasteiger partial charge in [0.05, 0.1) is 33.6 Å². The summed E-state index contributed by atoms with van der Waals surface area (Å²) in [4.78, 5) is 42.2. The molecule has 9 rings (SSSR count). The lowest BCUT2D eigenvalue weighted by Crippen LogP contribution is -2.53. The van der Waals surface area contributed by atoms with Crippen LogP contribution in [0.15, 0.2) is 184 Å². The van der Waals surface area contributed by atoms with Gasteiger partial charge in [0.25, 0.3) is 20.0 Å². The molecule has 3 heterocycles. The molecule has 7 aromatic rings. The van der Waals surface area contributed by atoms with Crippen LogP contribution in [-0.2, 0) is 33.1 Å². The third kappa shape index (κ3) is 12.1. The van der Waals surface area contributed by atoms with Crippen LogP contribution in [-0.4, -0.2) is 108 Å². The van der Waals surface area contributed by atoms with Crippen molar-refractivity contribution in [1.82, 2.24) is 23.2 Å². The number of para-hydroxylation sites is 3. The van der Waals surface area contributed by atoms with Crippen molar-refractivity contribution in [2.45, 2.75) is 79.5 Å². The number of amides is 2. The Kier molecular flexibility index (Phi) is 16.7. The molecule has 1 aromatic heterocycles. The number of methoxy groups -OCH3 is 1. The van der Waals surface area contributed by atoms with Crippen molar-refractivity contribution >= 4 is 49.0 Å². The fourth-order valence-electron chi connectivity index (χ4n) is 9.94. The van der Waals surface area contributed by atoms with Crippen LogP contribution >= 0.6 is 0 Å². The molecule has 0 aliphatic carbocycles. The molecule has 0 bridgehead atoms. The first-order valence-electron chi connectivity index (χ1n) is 24.3. The average molecular weight is 1030 g/mol. The Morgan fingerprint density at radius 3 is 1.71 bits per heavy atom. The van der Waals surface area contributed by atoms with Gasteiger partial charge in [-0.2, -0.15) is 3.97 Å². The number of piperidine rings is 2. The molecule has 73 heavy (non-hydrogen) atoms. The second-order valence-corrected chi connectivity index (χ2v) is 21.8. The van der Waals surface area contributed by atoms with Crippen molar-refractivity contribution in [3.05, 3.63) is 191 Å². The maximum atomic E-state index is 14.0. The van der Waals surface area contributed by atoms with E-state index < -0.39 is 37.9 Å². The summed E-state index contributed by atoms with van der Waals surface area (Å²) in [5.74, 6) is 0.508. The fourth-order valence-corrected chi connectivity index (χ4v) is 13.0. The van der Waals surface area contributed by atoms with Crippen LogP contribution in [0.1, 0.15) is 55.7 Å². The van der Waals surface area contributed by atoms with Crippen LogP contribution in [0.5, 0.6) is 5.75 Å². The van der Waals surface area contributed by atoms with Gasteiger partial charge < -0.3 is 24.7 Å². The van der Waals surface area contributed by atoms with Crippen LogP contribution in [0, 0.1) is 0 Å². The number of anilines is 1. The number of rotatable bonds is 16. The number of benzene rings is 6. The van der Waals surface area contributed by atoms with Gasteiger partial charge in [0, 0.05) is 50.8 Å². The number of hydrogen-bond donors (Lipinski definition) is 2. The fraction of sp³-hybridized carbons (Fsp3) is 0.291. The number of aromatic nitrogens is 2. The standard InChI is InChI=1S/C35H39N3O4S.C20H21N3O6S/c39-35(40)37-25-23-33(38(31-18-9-3-10-19-31)43(41,42)34-21-11-4-12-22-34)26-32(37)20-13-24-36(27-29-14-5-1-6-15-29)28-30-16-7-2-8-17-30;1-29-15-6-8-16(9-7-15)30(27,28)23-18-5-3-2-4-17(18)22(19(23)24)14-10-12-21(13-11-14)20(25)26/h1-12,14-19,21-22,32-33H,13,20,23-28H2,(H,39,40);2-9,14H,10-13H2,1H3,(H,25,26)/t32?,33-;/m0./s1. The van der Waals surface area contributed by atoms with Gasteiger partial charge in [0.2, 0.25) is 0 Å². The molecule has 2 atom stereocenters. The zero-order valence-electron chi connectivity index (χ0n) is 40.5. The summed E-state index contributed by atoms with van der Waals surface area (Å²) < 4.78 is 63.6. The highest BCUT2D eigenvalue weighted by Crippen LogP contribution is 2.34. The molecular formula is C55H60N6O10S2. The molecule has 0 radical (unpaired) electrons. The van der Waals surface area contributed by atoms with Gasteiger partial charge in [-0.15, -0.1) is 0 Å². The van der Waals surface area contributed by atoms with Gasteiger partial charge >= 0.3 is 17.9 Å². The number of imidazole rings is 1. The van der Waals surface area contributed by atoms with E-state index in [1.165, 1.54) is 61.2 Å².